The molecule has 1 heterocycles. The molecule has 1 fully saturated rings. The molecular formula is C20H24BrNO5. The summed E-state index contributed by atoms with van der Waals surface area (Å²) < 4.78 is 16.8. The maximum absolute atomic E-state index is 13.0. The topological polar surface area (TPSA) is 73.9 Å². The molecule has 1 N–H and O–H groups in total. The van der Waals surface area contributed by atoms with Crippen LogP contribution < -0.4 is 5.32 Å². The third-order valence-corrected chi connectivity index (χ3v) is 5.89. The maximum atomic E-state index is 13.0. The standard InChI is InChI=1S/C20H24BrNO5/c1-4-26-19(24)27-17-16(14-11-12(2)5-6-15(14)21)18(23)22-20(17)9-7-13(25-3)8-10-20/h5-6,11,13H,4,7-10H2,1-3H3,(H,22,23)/t13-,20+. The van der Waals surface area contributed by atoms with Gasteiger partial charge in [0.2, 0.25) is 0 Å². The predicted molar refractivity (Wildman–Crippen MR) is 104 cm³/mol. The van der Waals surface area contributed by atoms with Crippen LogP contribution in [0.25, 0.3) is 5.57 Å². The van der Waals surface area contributed by atoms with Gasteiger partial charge in [-0.3, -0.25) is 4.79 Å². The Morgan fingerprint density at radius 3 is 2.67 bits per heavy atom. The summed E-state index contributed by atoms with van der Waals surface area (Å²) in [4.78, 5) is 25.1. The second-order valence-electron chi connectivity index (χ2n) is 6.94. The molecule has 0 atom stereocenters. The van der Waals surface area contributed by atoms with Gasteiger partial charge >= 0.3 is 6.16 Å². The summed E-state index contributed by atoms with van der Waals surface area (Å²) in [7, 11) is 1.69. The molecule has 146 valence electrons. The number of amides is 1. The van der Waals surface area contributed by atoms with Crippen molar-refractivity contribution in [3.8, 4) is 0 Å². The number of carbonyl (C=O) groups excluding carboxylic acids is 2. The van der Waals surface area contributed by atoms with Crippen molar-refractivity contribution in [2.45, 2.75) is 51.2 Å². The highest BCUT2D eigenvalue weighted by Crippen LogP contribution is 2.45. The number of carbonyl (C=O) groups is 2. The summed E-state index contributed by atoms with van der Waals surface area (Å²) in [5.74, 6) is 0.114. The normalized spacial score (nSPS) is 24.9. The highest BCUT2D eigenvalue weighted by molar-refractivity contribution is 9.10. The van der Waals surface area contributed by atoms with Gasteiger partial charge < -0.3 is 19.5 Å². The van der Waals surface area contributed by atoms with Gasteiger partial charge in [0.05, 0.1) is 23.8 Å². The molecule has 6 nitrogen and oxygen atoms in total. The molecule has 7 heteroatoms. The van der Waals surface area contributed by atoms with Crippen LogP contribution in [-0.2, 0) is 19.0 Å². The highest BCUT2D eigenvalue weighted by atomic mass is 79.9. The van der Waals surface area contributed by atoms with Crippen LogP contribution in [0, 0.1) is 6.92 Å². The molecule has 0 radical (unpaired) electrons. The molecular weight excluding hydrogens is 414 g/mol. The first-order chi connectivity index (χ1) is 12.9. The fraction of sp³-hybridized carbons (Fsp3) is 0.500. The van der Waals surface area contributed by atoms with E-state index in [0.29, 0.717) is 29.7 Å². The number of ether oxygens (including phenoxy) is 3. The van der Waals surface area contributed by atoms with Gasteiger partial charge in [0.25, 0.3) is 5.91 Å². The number of benzene rings is 1. The Morgan fingerprint density at radius 2 is 2.04 bits per heavy atom. The van der Waals surface area contributed by atoms with Gasteiger partial charge in [0.1, 0.15) is 5.76 Å². The molecule has 1 aliphatic heterocycles. The molecule has 1 amide bonds. The lowest BCUT2D eigenvalue weighted by Crippen LogP contribution is -2.49. The van der Waals surface area contributed by atoms with E-state index >= 15 is 0 Å². The van der Waals surface area contributed by atoms with Crippen LogP contribution in [0.2, 0.25) is 0 Å². The Labute approximate surface area is 167 Å². The maximum Gasteiger partial charge on any atom is 0.513 e. The van der Waals surface area contributed by atoms with Gasteiger partial charge in [-0.15, -0.1) is 0 Å². The van der Waals surface area contributed by atoms with E-state index in [2.05, 4.69) is 21.2 Å². The first-order valence-corrected chi connectivity index (χ1v) is 9.90. The summed E-state index contributed by atoms with van der Waals surface area (Å²) >= 11 is 3.52. The lowest BCUT2D eigenvalue weighted by atomic mass is 9.79. The van der Waals surface area contributed by atoms with Crippen LogP contribution in [0.3, 0.4) is 0 Å². The molecule has 0 aromatic heterocycles. The number of hydrogen-bond acceptors (Lipinski definition) is 5. The number of aryl methyl sites for hydroxylation is 1. The fourth-order valence-corrected chi connectivity index (χ4v) is 4.25. The van der Waals surface area contributed by atoms with Crippen molar-refractivity contribution in [3.05, 3.63) is 39.6 Å². The molecule has 27 heavy (non-hydrogen) atoms. The van der Waals surface area contributed by atoms with Crippen molar-refractivity contribution in [2.75, 3.05) is 13.7 Å². The Bertz CT molecular complexity index is 781. The largest absolute Gasteiger partial charge is 0.513 e. The number of nitrogens with one attached hydrogen (secondary N) is 1. The zero-order valence-corrected chi connectivity index (χ0v) is 17.4. The minimum absolute atomic E-state index is 0.145. The number of methoxy groups -OCH3 is 1. The third-order valence-electron chi connectivity index (χ3n) is 5.20. The molecule has 1 spiro atoms. The van der Waals surface area contributed by atoms with E-state index in [9.17, 15) is 9.59 Å². The number of rotatable bonds is 4. The molecule has 3 rings (SSSR count). The first kappa shape index (κ1) is 19.9. The summed E-state index contributed by atoms with van der Waals surface area (Å²) in [6, 6.07) is 5.75. The lowest BCUT2D eigenvalue weighted by molar-refractivity contribution is -0.116. The van der Waals surface area contributed by atoms with Crippen molar-refractivity contribution in [3.63, 3.8) is 0 Å². The van der Waals surface area contributed by atoms with E-state index in [1.54, 1.807) is 14.0 Å². The smallest absolute Gasteiger partial charge is 0.434 e. The number of halogens is 1. The van der Waals surface area contributed by atoms with Gasteiger partial charge in [-0.1, -0.05) is 27.6 Å². The van der Waals surface area contributed by atoms with E-state index in [1.807, 2.05) is 25.1 Å². The van der Waals surface area contributed by atoms with Crippen molar-refractivity contribution in [2.24, 2.45) is 0 Å². The Kier molecular flexibility index (Phi) is 5.91. The molecule has 1 aromatic carbocycles. The SMILES string of the molecule is CCOC(=O)OC1=C(c2cc(C)ccc2Br)C(=O)N[C@]12CC[C@@H](OC)CC2. The van der Waals surface area contributed by atoms with Gasteiger partial charge in [-0.05, 0) is 51.7 Å². The average Bonchev–Trinajstić information content (AvgIpc) is 2.89. The average molecular weight is 438 g/mol. The van der Waals surface area contributed by atoms with Crippen LogP contribution in [0.5, 0.6) is 0 Å². The zero-order valence-electron chi connectivity index (χ0n) is 15.8. The van der Waals surface area contributed by atoms with Crippen molar-refractivity contribution in [1.29, 1.82) is 0 Å². The monoisotopic (exact) mass is 437 g/mol. The third kappa shape index (κ3) is 3.89. The second-order valence-corrected chi connectivity index (χ2v) is 7.80. The van der Waals surface area contributed by atoms with Crippen LogP contribution >= 0.6 is 15.9 Å². The van der Waals surface area contributed by atoms with Crippen LogP contribution in [-0.4, -0.2) is 37.4 Å². The van der Waals surface area contributed by atoms with Gasteiger partial charge in [-0.25, -0.2) is 4.79 Å². The summed E-state index contributed by atoms with van der Waals surface area (Å²) in [5, 5.41) is 3.08. The Morgan fingerprint density at radius 1 is 1.33 bits per heavy atom. The minimum Gasteiger partial charge on any atom is -0.434 e. The van der Waals surface area contributed by atoms with E-state index in [4.69, 9.17) is 14.2 Å². The molecule has 0 bridgehead atoms. The molecule has 0 saturated heterocycles. The van der Waals surface area contributed by atoms with Crippen LogP contribution in [0.4, 0.5) is 4.79 Å². The fourth-order valence-electron chi connectivity index (χ4n) is 3.81. The minimum atomic E-state index is -0.793. The molecule has 1 aromatic rings. The number of hydrogen-bond donors (Lipinski definition) is 1. The van der Waals surface area contributed by atoms with E-state index in [1.165, 1.54) is 0 Å². The first-order valence-electron chi connectivity index (χ1n) is 9.11. The Hall–Kier alpha value is -1.86. The quantitative estimate of drug-likeness (QED) is 0.717. The van der Waals surface area contributed by atoms with E-state index in [0.717, 1.165) is 22.9 Å². The molecule has 0 unspecified atom stereocenters. The highest BCUT2D eigenvalue weighted by Gasteiger charge is 2.50. The Balaban J connectivity index is 2.08. The van der Waals surface area contributed by atoms with E-state index < -0.39 is 11.7 Å². The van der Waals surface area contributed by atoms with Gasteiger partial charge in [0, 0.05) is 17.1 Å². The van der Waals surface area contributed by atoms with Crippen molar-refractivity contribution in [1.82, 2.24) is 5.32 Å². The predicted octanol–water partition coefficient (Wildman–Crippen LogP) is 4.10. The van der Waals surface area contributed by atoms with Crippen LogP contribution in [0.1, 0.15) is 43.7 Å². The molecule has 1 saturated carbocycles. The molecule has 1 aliphatic carbocycles. The second kappa shape index (κ2) is 8.02. The summed E-state index contributed by atoms with van der Waals surface area (Å²) in [6.07, 6.45) is 2.17. The van der Waals surface area contributed by atoms with Crippen molar-refractivity contribution >= 4 is 33.6 Å². The van der Waals surface area contributed by atoms with E-state index in [-0.39, 0.29) is 18.6 Å². The van der Waals surface area contributed by atoms with Gasteiger partial charge in [0.15, 0.2) is 0 Å². The van der Waals surface area contributed by atoms with Crippen molar-refractivity contribution < 1.29 is 23.8 Å². The summed E-state index contributed by atoms with van der Waals surface area (Å²) in [5.41, 5.74) is 1.39. The lowest BCUT2D eigenvalue weighted by Gasteiger charge is -2.37. The molecule has 2 aliphatic rings. The van der Waals surface area contributed by atoms with Gasteiger partial charge in [-0.2, -0.15) is 0 Å². The summed E-state index contributed by atoms with van der Waals surface area (Å²) in [6.45, 7) is 3.87. The zero-order chi connectivity index (χ0) is 19.6. The van der Waals surface area contributed by atoms with Crippen LogP contribution in [0.15, 0.2) is 28.4 Å².